The molecule has 98 valence electrons. The van der Waals surface area contributed by atoms with Crippen molar-refractivity contribution in [2.45, 2.75) is 6.04 Å². The number of carboxylic acids is 2. The van der Waals surface area contributed by atoms with Crippen LogP contribution in [0.1, 0.15) is 0 Å². The van der Waals surface area contributed by atoms with Crippen molar-refractivity contribution in [1.29, 1.82) is 0 Å². The van der Waals surface area contributed by atoms with E-state index in [9.17, 15) is 14.2 Å². The largest absolute Gasteiger partial charge is 0.480 e. The summed E-state index contributed by atoms with van der Waals surface area (Å²) in [6.07, 6.45) is 2.43. The maximum Gasteiger partial charge on any atom is 0.329 e. The Kier molecular flexibility index (Phi) is 9.12. The Balaban J connectivity index is 0. The van der Waals surface area contributed by atoms with E-state index in [0.717, 1.165) is 18.2 Å². The zero-order valence-corrected chi connectivity index (χ0v) is 9.66. The molecule has 0 aromatic heterocycles. The molecule has 8 nitrogen and oxygen atoms in total. The molecule has 0 saturated heterocycles. The predicted molar refractivity (Wildman–Crippen MR) is 59.5 cm³/mol. The number of aliphatic carboxylic acids is 2. The maximum absolute atomic E-state index is 10.2. The molecule has 0 aromatic carbocycles. The highest BCUT2D eigenvalue weighted by Crippen LogP contribution is 2.33. The van der Waals surface area contributed by atoms with E-state index in [2.05, 4.69) is 6.58 Å². The molecule has 1 unspecified atom stereocenters. The molecule has 0 saturated carbocycles. The van der Waals surface area contributed by atoms with Crippen LogP contribution in [0.5, 0.6) is 0 Å². The molecule has 6 N–H and O–H groups in total. The monoisotopic (exact) mass is 267 g/mol. The first-order valence-corrected chi connectivity index (χ1v) is 5.95. The summed E-state index contributed by atoms with van der Waals surface area (Å²) in [6, 6.07) is -1.21. The van der Waals surface area contributed by atoms with Gasteiger partial charge in [-0.1, -0.05) is 18.7 Å². The average molecular weight is 267 g/mol. The lowest BCUT2D eigenvalue weighted by Crippen LogP contribution is -2.27. The number of allylic oxidation sites excluding steroid dienone is 1. The molecule has 0 aliphatic carbocycles. The third kappa shape index (κ3) is 17.2. The highest BCUT2D eigenvalue weighted by molar-refractivity contribution is 7.51. The molecule has 9 heteroatoms. The van der Waals surface area contributed by atoms with E-state index in [4.69, 9.17) is 25.7 Å². The Morgan fingerprint density at radius 3 is 2.00 bits per heavy atom. The summed E-state index contributed by atoms with van der Waals surface area (Å²) < 4.78 is 10.2. The van der Waals surface area contributed by atoms with Crippen molar-refractivity contribution in [3.63, 3.8) is 0 Å². The van der Waals surface area contributed by atoms with E-state index >= 15 is 0 Å². The second-order valence-electron chi connectivity index (χ2n) is 2.68. The lowest BCUT2D eigenvalue weighted by Gasteiger charge is -1.99. The van der Waals surface area contributed by atoms with Crippen LogP contribution >= 0.6 is 7.60 Å². The zero-order chi connectivity index (χ0) is 14.1. The molecule has 0 aliphatic rings. The van der Waals surface area contributed by atoms with Gasteiger partial charge < -0.3 is 25.7 Å². The van der Waals surface area contributed by atoms with Crippen LogP contribution in [-0.4, -0.2) is 44.1 Å². The van der Waals surface area contributed by atoms with Crippen LogP contribution in [-0.2, 0) is 14.2 Å². The summed E-state index contributed by atoms with van der Waals surface area (Å²) in [4.78, 5) is 36.0. The van der Waals surface area contributed by atoms with Gasteiger partial charge in [0.2, 0.25) is 0 Å². The minimum absolute atomic E-state index is 0.492. The number of carbonyl (C=O) groups is 2. The summed E-state index contributed by atoms with van der Waals surface area (Å²) in [5.74, 6) is -2.22. The fraction of sp³-hybridized carbons (Fsp3) is 0.250. The lowest BCUT2D eigenvalue weighted by molar-refractivity contribution is -0.137. The first kappa shape index (κ1) is 17.9. The maximum atomic E-state index is 10.2. The molecule has 17 heavy (non-hydrogen) atoms. The Morgan fingerprint density at radius 1 is 1.35 bits per heavy atom. The van der Waals surface area contributed by atoms with Gasteiger partial charge in [-0.3, -0.25) is 9.36 Å². The van der Waals surface area contributed by atoms with Crippen molar-refractivity contribution in [2.75, 3.05) is 6.16 Å². The smallest absolute Gasteiger partial charge is 0.329 e. The van der Waals surface area contributed by atoms with Crippen LogP contribution in [0.2, 0.25) is 0 Å². The normalized spacial score (nSPS) is 12.4. The molecule has 0 fully saturated rings. The minimum atomic E-state index is -4.09. The van der Waals surface area contributed by atoms with Gasteiger partial charge in [-0.05, 0) is 0 Å². The van der Waals surface area contributed by atoms with Gasteiger partial charge in [-0.25, -0.2) is 4.79 Å². The Bertz CT molecular complexity index is 346. The molecule has 0 rings (SSSR count). The highest BCUT2D eigenvalue weighted by atomic mass is 31.2. The number of hydrogen-bond acceptors (Lipinski definition) is 4. The number of hydrogen-bond donors (Lipinski definition) is 5. The third-order valence-electron chi connectivity index (χ3n) is 1.15. The van der Waals surface area contributed by atoms with Crippen LogP contribution in [0.4, 0.5) is 0 Å². The summed E-state index contributed by atoms with van der Waals surface area (Å²) in [6.45, 7) is 2.96. The molecule has 0 aliphatic heterocycles. The number of nitrogens with two attached hydrogens (primary N) is 1. The zero-order valence-electron chi connectivity index (χ0n) is 8.76. The molecule has 0 aromatic rings. The molecule has 0 bridgehead atoms. The van der Waals surface area contributed by atoms with E-state index in [1.54, 1.807) is 0 Å². The predicted octanol–water partition coefficient (Wildman–Crippen LogP) is -0.611. The molecule has 0 heterocycles. The van der Waals surface area contributed by atoms with E-state index in [0.29, 0.717) is 0 Å². The van der Waals surface area contributed by atoms with E-state index in [1.807, 2.05) is 0 Å². The second kappa shape index (κ2) is 8.66. The highest BCUT2D eigenvalue weighted by Gasteiger charge is 2.11. The minimum Gasteiger partial charge on any atom is -0.480 e. The fourth-order valence-electron chi connectivity index (χ4n) is 0.427. The van der Waals surface area contributed by atoms with Gasteiger partial charge in [-0.2, -0.15) is 0 Å². The van der Waals surface area contributed by atoms with Gasteiger partial charge in [0.25, 0.3) is 0 Å². The van der Waals surface area contributed by atoms with Gasteiger partial charge in [0.05, 0.1) is 6.16 Å². The Hall–Kier alpha value is -1.47. The summed E-state index contributed by atoms with van der Waals surface area (Å²) in [7, 11) is -4.09. The SMILES string of the molecule is C=CC(=O)O.NC(/C=C\CP(=O)(O)O)C(=O)O. The second-order valence-corrected chi connectivity index (χ2v) is 4.38. The molecule has 0 amide bonds. The summed E-state index contributed by atoms with van der Waals surface area (Å²) in [5, 5.41) is 15.8. The average Bonchev–Trinajstić information content (AvgIpc) is 2.16. The van der Waals surface area contributed by atoms with Crippen LogP contribution in [0.25, 0.3) is 0 Å². The number of rotatable bonds is 5. The van der Waals surface area contributed by atoms with Gasteiger partial charge >= 0.3 is 19.5 Å². The van der Waals surface area contributed by atoms with E-state index < -0.39 is 31.7 Å². The van der Waals surface area contributed by atoms with Crippen molar-refractivity contribution in [1.82, 2.24) is 0 Å². The third-order valence-corrected chi connectivity index (χ3v) is 1.83. The molecular formula is C8H14NO7P. The van der Waals surface area contributed by atoms with Crippen LogP contribution in [0, 0.1) is 0 Å². The van der Waals surface area contributed by atoms with Crippen molar-refractivity contribution < 1.29 is 34.2 Å². The van der Waals surface area contributed by atoms with Gasteiger partial charge in [0.1, 0.15) is 6.04 Å². The molecule has 1 atom stereocenters. The van der Waals surface area contributed by atoms with Gasteiger partial charge in [-0.15, -0.1) is 0 Å². The lowest BCUT2D eigenvalue weighted by atomic mass is 10.3. The fourth-order valence-corrected chi connectivity index (χ4v) is 0.823. The van der Waals surface area contributed by atoms with Crippen molar-refractivity contribution in [2.24, 2.45) is 5.73 Å². The molecule has 0 spiro atoms. The van der Waals surface area contributed by atoms with E-state index in [-0.39, 0.29) is 0 Å². The van der Waals surface area contributed by atoms with Gasteiger partial charge in [0.15, 0.2) is 0 Å². The van der Waals surface area contributed by atoms with Crippen molar-refractivity contribution in [3.05, 3.63) is 24.8 Å². The van der Waals surface area contributed by atoms with Crippen LogP contribution < -0.4 is 5.73 Å². The standard InChI is InChI=1S/C5H10NO5P.C3H4O2/c6-4(5(7)8)2-1-3-12(9,10)11;1-2-3(4)5/h1-2,4H,3,6H2,(H,7,8)(H2,9,10,11);2H,1H2,(H,4,5)/b2-1-;. The Morgan fingerprint density at radius 2 is 1.76 bits per heavy atom. The first-order valence-electron chi connectivity index (χ1n) is 4.15. The van der Waals surface area contributed by atoms with Crippen LogP contribution in [0.15, 0.2) is 24.8 Å². The van der Waals surface area contributed by atoms with Crippen molar-refractivity contribution >= 4 is 19.5 Å². The molecule has 0 radical (unpaired) electrons. The van der Waals surface area contributed by atoms with E-state index in [1.165, 1.54) is 0 Å². The Labute approximate surface area is 97.2 Å². The molecular weight excluding hydrogens is 253 g/mol. The number of carboxylic acid groups (broad SMARTS) is 2. The quantitative estimate of drug-likeness (QED) is 0.250. The summed E-state index contributed by atoms with van der Waals surface area (Å²) in [5.41, 5.74) is 5.01. The topological polar surface area (TPSA) is 158 Å². The first-order chi connectivity index (χ1) is 7.60. The summed E-state index contributed by atoms with van der Waals surface area (Å²) >= 11 is 0. The van der Waals surface area contributed by atoms with Crippen molar-refractivity contribution in [3.8, 4) is 0 Å². The van der Waals surface area contributed by atoms with Gasteiger partial charge in [0, 0.05) is 6.08 Å². The van der Waals surface area contributed by atoms with Crippen LogP contribution in [0.3, 0.4) is 0 Å².